The van der Waals surface area contributed by atoms with Crippen molar-refractivity contribution in [2.75, 3.05) is 6.61 Å². The highest BCUT2D eigenvalue weighted by atomic mass is 32.1. The lowest BCUT2D eigenvalue weighted by Gasteiger charge is -2.29. The third-order valence-electron chi connectivity index (χ3n) is 2.83. The van der Waals surface area contributed by atoms with Crippen molar-refractivity contribution in [2.24, 2.45) is 5.92 Å². The molecule has 0 saturated carbocycles. The van der Waals surface area contributed by atoms with Crippen LogP contribution in [0.3, 0.4) is 0 Å². The zero-order chi connectivity index (χ0) is 13.8. The number of nitrogens with one attached hydrogen (secondary N) is 2. The van der Waals surface area contributed by atoms with Gasteiger partial charge in [-0.1, -0.05) is 12.1 Å². The number of carbonyl (C=O) groups is 1. The summed E-state index contributed by atoms with van der Waals surface area (Å²) in [6, 6.07) is 8.84. The molecule has 0 aliphatic carbocycles. The number of nitrogens with zero attached hydrogens (tertiary/aromatic N) is 1. The van der Waals surface area contributed by atoms with Crippen LogP contribution in [0.15, 0.2) is 24.3 Å². The molecule has 2 unspecified atom stereocenters. The zero-order valence-corrected chi connectivity index (χ0v) is 11.2. The molecule has 2 rings (SSSR count). The van der Waals surface area contributed by atoms with Gasteiger partial charge in [-0.05, 0) is 36.8 Å². The third-order valence-corrected chi connectivity index (χ3v) is 3.05. The molecule has 1 saturated heterocycles. The normalized spacial score (nSPS) is 22.1. The van der Waals surface area contributed by atoms with Gasteiger partial charge < -0.3 is 15.4 Å². The molecule has 1 aliphatic rings. The minimum absolute atomic E-state index is 0.246. The molecule has 98 valence electrons. The maximum absolute atomic E-state index is 11.7. The van der Waals surface area contributed by atoms with E-state index in [4.69, 9.17) is 22.2 Å². The molecular formula is C13H13N3O2S. The fraction of sp³-hybridized carbons (Fsp3) is 0.308. The van der Waals surface area contributed by atoms with E-state index < -0.39 is 12.0 Å². The van der Waals surface area contributed by atoms with Crippen LogP contribution in [0.4, 0.5) is 0 Å². The number of hydrogen-bond donors (Lipinski definition) is 2. The smallest absolute Gasteiger partial charge is 0.245 e. The Hall–Kier alpha value is -2.13. The summed E-state index contributed by atoms with van der Waals surface area (Å²) in [5, 5.41) is 14.7. The minimum Gasteiger partial charge on any atom is -0.494 e. The standard InChI is InChI=1S/C13H13N3O2S/c1-2-18-9-5-3-8(4-6-9)11-10(7-14)12(17)16-13(19)15-11/h3-6,10-11H,2H2,1H3,(H2,15,16,17,19). The lowest BCUT2D eigenvalue weighted by atomic mass is 9.92. The van der Waals surface area contributed by atoms with Crippen molar-refractivity contribution in [1.82, 2.24) is 10.6 Å². The first-order chi connectivity index (χ1) is 9.15. The van der Waals surface area contributed by atoms with E-state index in [1.807, 2.05) is 37.3 Å². The highest BCUT2D eigenvalue weighted by molar-refractivity contribution is 7.80. The lowest BCUT2D eigenvalue weighted by molar-refractivity contribution is -0.123. The molecule has 6 heteroatoms. The summed E-state index contributed by atoms with van der Waals surface area (Å²) in [6.07, 6.45) is 0. The molecule has 19 heavy (non-hydrogen) atoms. The van der Waals surface area contributed by atoms with Crippen LogP contribution in [0.25, 0.3) is 0 Å². The fourth-order valence-corrected chi connectivity index (χ4v) is 2.18. The summed E-state index contributed by atoms with van der Waals surface area (Å²) < 4.78 is 5.35. The molecule has 0 bridgehead atoms. The van der Waals surface area contributed by atoms with Gasteiger partial charge in [0.2, 0.25) is 5.91 Å². The lowest BCUT2D eigenvalue weighted by Crippen LogP contribution is -2.53. The van der Waals surface area contributed by atoms with Crippen molar-refractivity contribution in [2.45, 2.75) is 13.0 Å². The number of carbonyl (C=O) groups excluding carboxylic acids is 1. The van der Waals surface area contributed by atoms with Crippen molar-refractivity contribution in [3.8, 4) is 11.8 Å². The first kappa shape index (κ1) is 13.3. The second-order valence-electron chi connectivity index (χ2n) is 4.05. The van der Waals surface area contributed by atoms with Crippen molar-refractivity contribution in [3.05, 3.63) is 29.8 Å². The Balaban J connectivity index is 2.25. The van der Waals surface area contributed by atoms with Gasteiger partial charge in [-0.3, -0.25) is 4.79 Å². The van der Waals surface area contributed by atoms with Crippen LogP contribution in [0.2, 0.25) is 0 Å². The SMILES string of the molecule is CCOc1ccc(C2NC(=S)NC(=O)C2C#N)cc1. The summed E-state index contributed by atoms with van der Waals surface area (Å²) in [5.74, 6) is -0.419. The van der Waals surface area contributed by atoms with E-state index >= 15 is 0 Å². The molecule has 1 aromatic carbocycles. The average molecular weight is 275 g/mol. The van der Waals surface area contributed by atoms with Crippen molar-refractivity contribution in [1.29, 1.82) is 5.26 Å². The maximum atomic E-state index is 11.7. The Morgan fingerprint density at radius 2 is 2.11 bits per heavy atom. The van der Waals surface area contributed by atoms with Crippen molar-refractivity contribution < 1.29 is 9.53 Å². The Morgan fingerprint density at radius 3 is 2.68 bits per heavy atom. The molecule has 1 aromatic rings. The Labute approximate surface area is 116 Å². The molecule has 1 amide bonds. The molecule has 1 heterocycles. The van der Waals surface area contributed by atoms with Crippen molar-refractivity contribution >= 4 is 23.2 Å². The second kappa shape index (κ2) is 5.67. The number of thiocarbonyl (C=S) groups is 1. The molecule has 5 nitrogen and oxygen atoms in total. The Kier molecular flexibility index (Phi) is 3.97. The summed E-state index contributed by atoms with van der Waals surface area (Å²) in [4.78, 5) is 11.7. The number of amides is 1. The first-order valence-electron chi connectivity index (χ1n) is 5.89. The van der Waals surface area contributed by atoms with Crippen molar-refractivity contribution in [3.63, 3.8) is 0 Å². The topological polar surface area (TPSA) is 74.2 Å². The molecule has 2 N–H and O–H groups in total. The monoisotopic (exact) mass is 275 g/mol. The quantitative estimate of drug-likeness (QED) is 0.813. The van der Waals surface area contributed by atoms with E-state index in [-0.39, 0.29) is 11.0 Å². The molecule has 1 aliphatic heterocycles. The number of rotatable bonds is 3. The fourth-order valence-electron chi connectivity index (χ4n) is 1.95. The Morgan fingerprint density at radius 1 is 1.42 bits per heavy atom. The van der Waals surface area contributed by atoms with Gasteiger partial charge in [0.25, 0.3) is 0 Å². The third kappa shape index (κ3) is 2.83. The minimum atomic E-state index is -0.801. The van der Waals surface area contributed by atoms with Gasteiger partial charge in [0, 0.05) is 0 Å². The van der Waals surface area contributed by atoms with E-state index in [1.54, 1.807) is 0 Å². The largest absolute Gasteiger partial charge is 0.494 e. The van der Waals surface area contributed by atoms with Gasteiger partial charge >= 0.3 is 0 Å². The summed E-state index contributed by atoms with van der Waals surface area (Å²) in [6.45, 7) is 2.50. The van der Waals surface area contributed by atoms with Gasteiger partial charge in [0.05, 0.1) is 18.7 Å². The van der Waals surface area contributed by atoms with Gasteiger partial charge in [0.1, 0.15) is 11.7 Å². The summed E-state index contributed by atoms with van der Waals surface area (Å²) >= 11 is 4.95. The molecular weight excluding hydrogens is 262 g/mol. The summed E-state index contributed by atoms with van der Waals surface area (Å²) in [5.41, 5.74) is 0.826. The number of nitriles is 1. The van der Waals surface area contributed by atoms with Crippen LogP contribution < -0.4 is 15.4 Å². The highest BCUT2D eigenvalue weighted by Gasteiger charge is 2.34. The second-order valence-corrected chi connectivity index (χ2v) is 4.46. The van der Waals surface area contributed by atoms with E-state index in [9.17, 15) is 4.79 Å². The van der Waals surface area contributed by atoms with Crippen LogP contribution in [-0.4, -0.2) is 17.6 Å². The van der Waals surface area contributed by atoms with E-state index in [2.05, 4.69) is 10.6 Å². The van der Waals surface area contributed by atoms with E-state index in [1.165, 1.54) is 0 Å². The highest BCUT2D eigenvalue weighted by Crippen LogP contribution is 2.26. The first-order valence-corrected chi connectivity index (χ1v) is 6.30. The predicted molar refractivity (Wildman–Crippen MR) is 73.3 cm³/mol. The van der Waals surface area contributed by atoms with E-state index in [0.29, 0.717) is 6.61 Å². The molecule has 1 fully saturated rings. The van der Waals surface area contributed by atoms with E-state index in [0.717, 1.165) is 11.3 Å². The summed E-state index contributed by atoms with van der Waals surface area (Å²) in [7, 11) is 0. The van der Waals surface area contributed by atoms with Crippen LogP contribution in [-0.2, 0) is 4.79 Å². The molecule has 0 radical (unpaired) electrons. The molecule has 0 spiro atoms. The maximum Gasteiger partial charge on any atom is 0.245 e. The van der Waals surface area contributed by atoms with Crippen LogP contribution >= 0.6 is 12.2 Å². The predicted octanol–water partition coefficient (Wildman–Crippen LogP) is 1.27. The van der Waals surface area contributed by atoms with Gasteiger partial charge in [-0.25, -0.2) is 0 Å². The van der Waals surface area contributed by atoms with Gasteiger partial charge in [-0.15, -0.1) is 0 Å². The van der Waals surface area contributed by atoms with Crippen LogP contribution in [0.5, 0.6) is 5.75 Å². The number of ether oxygens (including phenoxy) is 1. The van der Waals surface area contributed by atoms with Gasteiger partial charge in [0.15, 0.2) is 5.11 Å². The number of hydrogen-bond acceptors (Lipinski definition) is 4. The average Bonchev–Trinajstić information content (AvgIpc) is 2.39. The molecule has 2 atom stereocenters. The van der Waals surface area contributed by atoms with Crippen LogP contribution in [0, 0.1) is 17.2 Å². The Bertz CT molecular complexity index is 536. The van der Waals surface area contributed by atoms with Gasteiger partial charge in [-0.2, -0.15) is 5.26 Å². The molecule has 0 aromatic heterocycles. The number of benzene rings is 1. The van der Waals surface area contributed by atoms with Crippen LogP contribution in [0.1, 0.15) is 18.5 Å². The zero-order valence-electron chi connectivity index (χ0n) is 10.3.